The Kier molecular flexibility index (Phi) is 25.2. The number of hydrogen-bond acceptors (Lipinski definition) is 11. The molecule has 73 heavy (non-hydrogen) atoms. The van der Waals surface area contributed by atoms with Crippen molar-refractivity contribution in [3.8, 4) is 0 Å². The number of amides is 8. The van der Waals surface area contributed by atoms with Gasteiger partial charge in [-0.1, -0.05) is 98.6 Å². The van der Waals surface area contributed by atoms with E-state index in [4.69, 9.17) is 10.5 Å². The first-order chi connectivity index (χ1) is 34.4. The molecule has 4 rings (SSSR count). The summed E-state index contributed by atoms with van der Waals surface area (Å²) in [5, 5.41) is 19.1. The summed E-state index contributed by atoms with van der Waals surface area (Å²) in [6, 6.07) is 5.43. The van der Waals surface area contributed by atoms with Gasteiger partial charge in [0.2, 0.25) is 11.8 Å². The number of hydrogen-bond donors (Lipinski definition) is 5. The van der Waals surface area contributed by atoms with E-state index in [0.29, 0.717) is 54.8 Å². The predicted molar refractivity (Wildman–Crippen MR) is 280 cm³/mol. The van der Waals surface area contributed by atoms with Gasteiger partial charge in [0.05, 0.1) is 18.8 Å². The largest absolute Gasteiger partial charge is 0.445 e. The van der Waals surface area contributed by atoms with Crippen LogP contribution in [0, 0.1) is 22.7 Å². The van der Waals surface area contributed by atoms with Gasteiger partial charge in [-0.05, 0) is 91.9 Å². The maximum atomic E-state index is 13.5. The van der Waals surface area contributed by atoms with Crippen molar-refractivity contribution in [1.82, 2.24) is 40.7 Å². The Morgan fingerprint density at radius 3 is 1.95 bits per heavy atom. The molecule has 402 valence electrons. The van der Waals surface area contributed by atoms with Gasteiger partial charge in [0, 0.05) is 74.6 Å². The van der Waals surface area contributed by atoms with Crippen molar-refractivity contribution >= 4 is 53.1 Å². The minimum atomic E-state index is -0.775. The lowest BCUT2D eigenvalue weighted by Gasteiger charge is -2.24. The molecule has 0 fully saturated rings. The highest BCUT2D eigenvalue weighted by atomic mass is 16.5. The van der Waals surface area contributed by atoms with E-state index in [1.54, 1.807) is 46.1 Å². The fourth-order valence-electron chi connectivity index (χ4n) is 7.89. The first-order valence-electron chi connectivity index (χ1n) is 25.7. The van der Waals surface area contributed by atoms with E-state index in [1.807, 2.05) is 13.8 Å². The number of unbranched alkanes of at least 4 members (excludes halogenated alkanes) is 4. The summed E-state index contributed by atoms with van der Waals surface area (Å²) in [6.07, 6.45) is 16.3. The molecular weight excluding hydrogens is 933 g/mol. The fourth-order valence-corrected chi connectivity index (χ4v) is 7.89. The van der Waals surface area contributed by atoms with Crippen LogP contribution in [0.5, 0.6) is 0 Å². The topological polar surface area (TPSA) is 257 Å². The van der Waals surface area contributed by atoms with Crippen molar-refractivity contribution in [2.45, 2.75) is 165 Å². The second-order valence-corrected chi connectivity index (χ2v) is 21.5. The summed E-state index contributed by atoms with van der Waals surface area (Å²) < 4.78 is 7.09. The first kappa shape index (κ1) is 60.6. The zero-order valence-corrected chi connectivity index (χ0v) is 44.6. The number of allylic oxidation sites excluding steroid dienone is 1. The van der Waals surface area contributed by atoms with Gasteiger partial charge >= 0.3 is 12.1 Å². The van der Waals surface area contributed by atoms with Crippen LogP contribution < -0.4 is 27.0 Å². The Hall–Kier alpha value is -6.66. The van der Waals surface area contributed by atoms with E-state index in [1.165, 1.54) is 24.6 Å². The quantitative estimate of drug-likeness (QED) is 0.0391. The molecule has 0 saturated carbocycles. The number of nitrogens with two attached hydrogens (primary N) is 1. The fraction of sp³-hybridized carbons (Fsp3) is 0.593. The van der Waals surface area contributed by atoms with Gasteiger partial charge in [0.15, 0.2) is 5.78 Å². The molecule has 0 spiro atoms. The Balaban J connectivity index is 0.000000553. The molecule has 0 unspecified atom stereocenters. The van der Waals surface area contributed by atoms with Crippen LogP contribution in [0.4, 0.5) is 15.3 Å². The van der Waals surface area contributed by atoms with E-state index in [9.17, 15) is 38.4 Å². The number of imide groups is 1. The van der Waals surface area contributed by atoms with Gasteiger partial charge in [-0.25, -0.2) is 9.59 Å². The molecule has 0 radical (unpaired) electrons. The third kappa shape index (κ3) is 24.5. The molecule has 6 N–H and O–H groups in total. The molecule has 3 heterocycles. The van der Waals surface area contributed by atoms with Crippen LogP contribution in [0.1, 0.15) is 150 Å². The average Bonchev–Trinajstić information content (AvgIpc) is 4.00. The Labute approximate surface area is 431 Å². The third-order valence-electron chi connectivity index (χ3n) is 12.1. The van der Waals surface area contributed by atoms with E-state index in [2.05, 4.69) is 79.7 Å². The van der Waals surface area contributed by atoms with Crippen LogP contribution in [0.3, 0.4) is 0 Å². The number of urea groups is 1. The number of ether oxygens (including phenoxy) is 1. The number of benzene rings is 1. The van der Waals surface area contributed by atoms with Crippen molar-refractivity contribution in [2.24, 2.45) is 28.4 Å². The molecular formula is C54H82N10O9. The van der Waals surface area contributed by atoms with Crippen molar-refractivity contribution in [3.05, 3.63) is 78.3 Å². The molecule has 8 amide bonds. The molecule has 19 heteroatoms. The van der Waals surface area contributed by atoms with E-state index >= 15 is 0 Å². The van der Waals surface area contributed by atoms with Gasteiger partial charge in [-0.15, -0.1) is 5.10 Å². The lowest BCUT2D eigenvalue weighted by atomic mass is 9.89. The predicted octanol–water partition coefficient (Wildman–Crippen LogP) is 7.62. The van der Waals surface area contributed by atoms with Gasteiger partial charge in [-0.2, -0.15) is 0 Å². The lowest BCUT2D eigenvalue weighted by molar-refractivity contribution is -0.137. The number of rotatable bonds is 29. The molecule has 2 aliphatic rings. The summed E-state index contributed by atoms with van der Waals surface area (Å²) in [4.78, 5) is 101. The molecule has 2 aromatic rings. The number of nitrogens with zero attached hydrogens (tertiary/aromatic N) is 5. The summed E-state index contributed by atoms with van der Waals surface area (Å²) in [5.41, 5.74) is 8.35. The van der Waals surface area contributed by atoms with Crippen LogP contribution in [-0.4, -0.2) is 97.9 Å². The number of ketones is 1. The highest BCUT2D eigenvalue weighted by Crippen LogP contribution is 2.23. The number of Topliss-reactive ketones (excluding diaryl/α,β-unsaturated/α-hetero) is 1. The van der Waals surface area contributed by atoms with Crippen molar-refractivity contribution in [1.29, 1.82) is 0 Å². The maximum absolute atomic E-state index is 13.5. The highest BCUT2D eigenvalue weighted by molar-refractivity contribution is 6.12. The summed E-state index contributed by atoms with van der Waals surface area (Å²) in [6.45, 7) is 23.2. The molecule has 2 aliphatic heterocycles. The number of anilines is 1. The Bertz CT molecular complexity index is 2200. The number of aryl methyl sites for hydroxylation is 1. The van der Waals surface area contributed by atoms with Gasteiger partial charge in [0.25, 0.3) is 17.7 Å². The summed E-state index contributed by atoms with van der Waals surface area (Å²) in [5.74, 6) is -2.49. The lowest BCUT2D eigenvalue weighted by Crippen LogP contribution is -2.45. The SMILES string of the molecule is C=C1C=CC(=O)N1CCCCCC(=O)N[C@H](C(=O)C[C@@H](CCCNC(N)=O)C(=O)Nc1ccc(COC(=O)NCCCCC(C)(C)C)cc1)C(C)C.CC(C)(C)CCCCn1cc(CN2C(=O)C=CC2=O)nn1. The van der Waals surface area contributed by atoms with Gasteiger partial charge in [-0.3, -0.25) is 38.3 Å². The smallest absolute Gasteiger partial charge is 0.407 e. The van der Waals surface area contributed by atoms with E-state index < -0.39 is 24.1 Å². The molecule has 1 aromatic heterocycles. The zero-order valence-electron chi connectivity index (χ0n) is 44.6. The number of carbonyl (C=O) groups is 8. The molecule has 0 saturated heterocycles. The number of primary amides is 1. The van der Waals surface area contributed by atoms with Crippen LogP contribution >= 0.6 is 0 Å². The second-order valence-electron chi connectivity index (χ2n) is 21.5. The normalized spacial score (nSPS) is 14.3. The van der Waals surface area contributed by atoms with Crippen molar-refractivity contribution in [2.75, 3.05) is 25.0 Å². The number of carbonyl (C=O) groups excluding carboxylic acids is 8. The minimum Gasteiger partial charge on any atom is -0.445 e. The van der Waals surface area contributed by atoms with Crippen molar-refractivity contribution < 1.29 is 43.1 Å². The average molecular weight is 1020 g/mol. The maximum Gasteiger partial charge on any atom is 0.407 e. The van der Waals surface area contributed by atoms with Gasteiger partial charge in [0.1, 0.15) is 12.3 Å². The van der Waals surface area contributed by atoms with Crippen LogP contribution in [0.15, 0.2) is 67.0 Å². The number of nitrogens with one attached hydrogen (secondary N) is 4. The minimum absolute atomic E-state index is 0.0713. The molecule has 2 atom stereocenters. The standard InChI is InChI=1S/C39H60N6O7.C15H22N4O2/c1-27(2)35(44-33(47)14-8-7-11-24-45-28(3)15-20-34(45)48)32(46)25-30(13-12-23-41-37(40)50)36(49)43-31-18-16-29(17-19-31)26-52-38(51)42-22-10-9-21-39(4,5)6;1-15(2,3)8-4-5-9-18-10-12(16-17-18)11-19-13(20)6-7-14(19)21/h15-20,27,30,35H,3,7-14,21-26H2,1-2,4-6H3,(H,42,51)(H,43,49)(H,44,47)(H3,40,41,50);6-7,10H,4-5,8-9,11H2,1-3H3/t30-,35+;/m1./s1. The molecule has 1 aromatic carbocycles. The van der Waals surface area contributed by atoms with Crippen LogP contribution in [-0.2, 0) is 53.2 Å². The Morgan fingerprint density at radius 2 is 1.34 bits per heavy atom. The Morgan fingerprint density at radius 1 is 0.740 bits per heavy atom. The van der Waals surface area contributed by atoms with E-state index in [-0.39, 0.29) is 79.2 Å². The zero-order chi connectivity index (χ0) is 54.1. The summed E-state index contributed by atoms with van der Waals surface area (Å²) in [7, 11) is 0. The van der Waals surface area contributed by atoms with Crippen molar-refractivity contribution in [3.63, 3.8) is 0 Å². The second kappa shape index (κ2) is 30.4. The van der Waals surface area contributed by atoms with Crippen LogP contribution in [0.2, 0.25) is 0 Å². The van der Waals surface area contributed by atoms with E-state index in [0.717, 1.165) is 62.0 Å². The summed E-state index contributed by atoms with van der Waals surface area (Å²) >= 11 is 0. The van der Waals surface area contributed by atoms with Crippen LogP contribution in [0.25, 0.3) is 0 Å². The highest BCUT2D eigenvalue weighted by Gasteiger charge is 2.30. The van der Waals surface area contributed by atoms with Gasteiger partial charge < -0.3 is 36.6 Å². The monoisotopic (exact) mass is 1010 g/mol. The third-order valence-corrected chi connectivity index (χ3v) is 12.1. The number of aromatic nitrogens is 3. The molecule has 0 bridgehead atoms. The first-order valence-corrected chi connectivity index (χ1v) is 25.7. The number of alkyl carbamates (subject to hydrolysis) is 1. The molecule has 0 aliphatic carbocycles. The molecule has 19 nitrogen and oxygen atoms in total.